The Morgan fingerprint density at radius 3 is 3.07 bits per heavy atom. The summed E-state index contributed by atoms with van der Waals surface area (Å²) >= 11 is 0. The van der Waals surface area contributed by atoms with Crippen molar-refractivity contribution in [1.29, 1.82) is 0 Å². The molecule has 0 unspecified atom stereocenters. The minimum atomic E-state index is -0.347. The Kier molecular flexibility index (Phi) is 2.59. The third-order valence-electron chi connectivity index (χ3n) is 1.82. The van der Waals surface area contributed by atoms with Gasteiger partial charge in [-0.3, -0.25) is 9.78 Å². The SMILES string of the molecule is O=c1[nH]c(NCCCO)nc2n[nH]nc12. The van der Waals surface area contributed by atoms with Crippen molar-refractivity contribution in [1.82, 2.24) is 25.4 Å². The average Bonchev–Trinajstić information content (AvgIpc) is 2.66. The molecule has 0 atom stereocenters. The predicted molar refractivity (Wildman–Crippen MR) is 52.5 cm³/mol. The number of nitrogens with one attached hydrogen (secondary N) is 3. The Bertz CT molecular complexity index is 503. The number of anilines is 1. The molecule has 0 amide bonds. The van der Waals surface area contributed by atoms with Crippen LogP contribution in [0.2, 0.25) is 0 Å². The number of rotatable bonds is 4. The van der Waals surface area contributed by atoms with Gasteiger partial charge >= 0.3 is 0 Å². The van der Waals surface area contributed by atoms with E-state index in [2.05, 4.69) is 30.7 Å². The highest BCUT2D eigenvalue weighted by Gasteiger charge is 2.06. The summed E-state index contributed by atoms with van der Waals surface area (Å²) in [5.74, 6) is 0.329. The van der Waals surface area contributed by atoms with Gasteiger partial charge in [-0.2, -0.15) is 10.2 Å². The molecule has 0 fully saturated rings. The molecular formula is C7H10N6O2. The minimum absolute atomic E-state index is 0.0867. The van der Waals surface area contributed by atoms with E-state index in [4.69, 9.17) is 5.11 Å². The monoisotopic (exact) mass is 210 g/mol. The number of H-pyrrole nitrogens is 2. The van der Waals surface area contributed by atoms with Gasteiger partial charge in [-0.25, -0.2) is 0 Å². The number of aromatic nitrogens is 5. The smallest absolute Gasteiger partial charge is 0.282 e. The lowest BCUT2D eigenvalue weighted by molar-refractivity contribution is 0.292. The fraction of sp³-hybridized carbons (Fsp3) is 0.429. The van der Waals surface area contributed by atoms with E-state index >= 15 is 0 Å². The second-order valence-electron chi connectivity index (χ2n) is 2.91. The fourth-order valence-corrected chi connectivity index (χ4v) is 1.13. The molecule has 0 aliphatic rings. The molecule has 0 aliphatic carbocycles. The van der Waals surface area contributed by atoms with Crippen molar-refractivity contribution in [3.05, 3.63) is 10.4 Å². The van der Waals surface area contributed by atoms with Gasteiger partial charge in [0, 0.05) is 13.2 Å². The van der Waals surface area contributed by atoms with Crippen LogP contribution in [0, 0.1) is 0 Å². The number of aromatic amines is 2. The summed E-state index contributed by atoms with van der Waals surface area (Å²) in [5.41, 5.74) is 0.105. The summed E-state index contributed by atoms with van der Waals surface area (Å²) in [6.45, 7) is 0.617. The lowest BCUT2D eigenvalue weighted by atomic mass is 10.4. The number of aliphatic hydroxyl groups excluding tert-OH is 1. The molecule has 0 aromatic carbocycles. The summed E-state index contributed by atoms with van der Waals surface area (Å²) < 4.78 is 0. The van der Waals surface area contributed by atoms with Crippen LogP contribution in [-0.4, -0.2) is 43.6 Å². The molecule has 8 nitrogen and oxygen atoms in total. The van der Waals surface area contributed by atoms with E-state index in [1.807, 2.05) is 0 Å². The van der Waals surface area contributed by atoms with Gasteiger partial charge in [-0.1, -0.05) is 0 Å². The minimum Gasteiger partial charge on any atom is -0.396 e. The number of hydrogen-bond acceptors (Lipinski definition) is 6. The van der Waals surface area contributed by atoms with E-state index in [9.17, 15) is 4.79 Å². The van der Waals surface area contributed by atoms with Crippen LogP contribution in [0.5, 0.6) is 0 Å². The Balaban J connectivity index is 2.25. The Morgan fingerprint density at radius 1 is 1.40 bits per heavy atom. The van der Waals surface area contributed by atoms with E-state index in [-0.39, 0.29) is 23.3 Å². The largest absolute Gasteiger partial charge is 0.396 e. The third-order valence-corrected chi connectivity index (χ3v) is 1.82. The summed E-state index contributed by atoms with van der Waals surface area (Å²) in [5, 5.41) is 21.1. The standard InChI is InChI=1S/C7H10N6O2/c14-3-1-2-8-7-9-5-4(6(15)10-7)11-13-12-5/h14H,1-3H2,(H3,8,9,10,11,12,13,15). The van der Waals surface area contributed by atoms with E-state index in [1.54, 1.807) is 0 Å². The summed E-state index contributed by atoms with van der Waals surface area (Å²) in [4.78, 5) is 17.9. The molecule has 2 aromatic heterocycles. The van der Waals surface area contributed by atoms with Crippen LogP contribution in [0.3, 0.4) is 0 Å². The molecule has 0 aliphatic heterocycles. The first-order chi connectivity index (χ1) is 7.31. The quantitative estimate of drug-likeness (QED) is 0.472. The van der Waals surface area contributed by atoms with Crippen molar-refractivity contribution in [2.24, 2.45) is 0 Å². The molecule has 80 valence electrons. The number of hydrogen-bond donors (Lipinski definition) is 4. The van der Waals surface area contributed by atoms with Crippen LogP contribution in [-0.2, 0) is 0 Å². The molecule has 0 saturated heterocycles. The van der Waals surface area contributed by atoms with Crippen molar-refractivity contribution >= 4 is 17.1 Å². The summed E-state index contributed by atoms with van der Waals surface area (Å²) in [6.07, 6.45) is 0.584. The molecule has 2 heterocycles. The molecular weight excluding hydrogens is 200 g/mol. The van der Waals surface area contributed by atoms with E-state index < -0.39 is 0 Å². The molecule has 0 radical (unpaired) electrons. The number of aliphatic hydroxyl groups is 1. The maximum Gasteiger partial charge on any atom is 0.282 e. The third kappa shape index (κ3) is 1.94. The van der Waals surface area contributed by atoms with Crippen molar-refractivity contribution < 1.29 is 5.11 Å². The average molecular weight is 210 g/mol. The van der Waals surface area contributed by atoms with Crippen molar-refractivity contribution in [2.45, 2.75) is 6.42 Å². The van der Waals surface area contributed by atoms with Gasteiger partial charge in [0.2, 0.25) is 11.6 Å². The van der Waals surface area contributed by atoms with Crippen molar-refractivity contribution in [3.8, 4) is 0 Å². The zero-order valence-electron chi connectivity index (χ0n) is 7.82. The van der Waals surface area contributed by atoms with Gasteiger partial charge in [0.1, 0.15) is 0 Å². The highest BCUT2D eigenvalue weighted by molar-refractivity contribution is 5.68. The normalized spacial score (nSPS) is 10.7. The van der Waals surface area contributed by atoms with Gasteiger partial charge in [-0.05, 0) is 6.42 Å². The number of nitrogens with zero attached hydrogens (tertiary/aromatic N) is 3. The molecule has 0 spiro atoms. The van der Waals surface area contributed by atoms with Crippen LogP contribution in [0.25, 0.3) is 11.2 Å². The molecule has 0 saturated carbocycles. The van der Waals surface area contributed by atoms with E-state index in [0.29, 0.717) is 18.9 Å². The molecule has 8 heteroatoms. The van der Waals surface area contributed by atoms with Crippen LogP contribution in [0.4, 0.5) is 5.95 Å². The van der Waals surface area contributed by atoms with E-state index in [0.717, 1.165) is 0 Å². The van der Waals surface area contributed by atoms with Gasteiger partial charge in [0.15, 0.2) is 5.52 Å². The molecule has 2 rings (SSSR count). The first-order valence-electron chi connectivity index (χ1n) is 4.47. The highest BCUT2D eigenvalue weighted by Crippen LogP contribution is 2.00. The van der Waals surface area contributed by atoms with Crippen LogP contribution >= 0.6 is 0 Å². The van der Waals surface area contributed by atoms with Crippen LogP contribution in [0.1, 0.15) is 6.42 Å². The second-order valence-corrected chi connectivity index (χ2v) is 2.91. The van der Waals surface area contributed by atoms with Gasteiger partial charge in [0.05, 0.1) is 0 Å². The lowest BCUT2D eigenvalue weighted by Crippen LogP contribution is -2.14. The molecule has 0 bridgehead atoms. The maximum atomic E-state index is 11.4. The maximum absolute atomic E-state index is 11.4. The molecule has 15 heavy (non-hydrogen) atoms. The Labute approximate surface area is 83.7 Å². The Hall–Kier alpha value is -1.96. The van der Waals surface area contributed by atoms with Crippen molar-refractivity contribution in [3.63, 3.8) is 0 Å². The van der Waals surface area contributed by atoms with Crippen molar-refractivity contribution in [2.75, 3.05) is 18.5 Å². The zero-order chi connectivity index (χ0) is 10.7. The summed E-state index contributed by atoms with van der Waals surface area (Å²) in [7, 11) is 0. The predicted octanol–water partition coefficient (Wildman–Crippen LogP) is -1.16. The van der Waals surface area contributed by atoms with Crippen LogP contribution in [0.15, 0.2) is 4.79 Å². The Morgan fingerprint density at radius 2 is 2.27 bits per heavy atom. The molecule has 2 aromatic rings. The molecule has 4 N–H and O–H groups in total. The van der Waals surface area contributed by atoms with E-state index in [1.165, 1.54) is 0 Å². The fourth-order valence-electron chi connectivity index (χ4n) is 1.13. The summed E-state index contributed by atoms with van der Waals surface area (Å²) in [6, 6.07) is 0. The number of fused-ring (bicyclic) bond motifs is 1. The highest BCUT2D eigenvalue weighted by atomic mass is 16.3. The second kappa shape index (κ2) is 4.05. The van der Waals surface area contributed by atoms with Crippen LogP contribution < -0.4 is 10.9 Å². The van der Waals surface area contributed by atoms with Gasteiger partial charge in [0.25, 0.3) is 5.56 Å². The van der Waals surface area contributed by atoms with Gasteiger partial charge < -0.3 is 10.4 Å². The zero-order valence-corrected chi connectivity index (χ0v) is 7.82. The first-order valence-corrected chi connectivity index (χ1v) is 4.47. The lowest BCUT2D eigenvalue weighted by Gasteiger charge is -2.02. The topological polar surface area (TPSA) is 120 Å². The first kappa shape index (κ1) is 9.59. The van der Waals surface area contributed by atoms with Gasteiger partial charge in [-0.15, -0.1) is 10.2 Å².